The van der Waals surface area contributed by atoms with Crippen LogP contribution >= 0.6 is 0 Å². The summed E-state index contributed by atoms with van der Waals surface area (Å²) < 4.78 is 10.5. The van der Waals surface area contributed by atoms with Crippen molar-refractivity contribution >= 4 is 40.3 Å². The number of fused-ring (bicyclic) bond motifs is 2. The van der Waals surface area contributed by atoms with Crippen molar-refractivity contribution in [2.45, 2.75) is 13.0 Å². The van der Waals surface area contributed by atoms with Gasteiger partial charge in [-0.1, -0.05) is 36.4 Å². The summed E-state index contributed by atoms with van der Waals surface area (Å²) in [4.78, 5) is 73.9. The molecule has 12 nitrogen and oxygen atoms in total. The third-order valence-electron chi connectivity index (χ3n) is 6.19. The van der Waals surface area contributed by atoms with E-state index in [4.69, 9.17) is 9.15 Å². The van der Waals surface area contributed by atoms with Gasteiger partial charge in [0.25, 0.3) is 23.4 Å². The van der Waals surface area contributed by atoms with E-state index in [0.717, 1.165) is 16.5 Å². The van der Waals surface area contributed by atoms with Gasteiger partial charge in [0, 0.05) is 30.6 Å². The number of amides is 3. The number of ether oxygens (including phenoxy) is 1. The van der Waals surface area contributed by atoms with Crippen molar-refractivity contribution in [3.63, 3.8) is 0 Å². The first-order chi connectivity index (χ1) is 19.2. The van der Waals surface area contributed by atoms with Crippen LogP contribution < -0.4 is 15.7 Å². The summed E-state index contributed by atoms with van der Waals surface area (Å²) in [6, 6.07) is 18.5. The minimum absolute atomic E-state index is 0.0277. The lowest BCUT2D eigenvalue weighted by molar-refractivity contribution is -0.385. The van der Waals surface area contributed by atoms with Crippen molar-refractivity contribution in [2.75, 3.05) is 6.54 Å². The van der Waals surface area contributed by atoms with Crippen LogP contribution in [-0.2, 0) is 11.3 Å². The molecule has 0 radical (unpaired) electrons. The van der Waals surface area contributed by atoms with Gasteiger partial charge in [-0.05, 0) is 29.8 Å². The molecule has 12 heteroatoms. The smallest absolute Gasteiger partial charge is 0.349 e. The second-order valence-electron chi connectivity index (χ2n) is 8.76. The number of rotatable bonds is 8. The Morgan fingerprint density at radius 1 is 0.950 bits per heavy atom. The second kappa shape index (κ2) is 10.6. The van der Waals surface area contributed by atoms with E-state index < -0.39 is 39.9 Å². The monoisotopic (exact) mass is 541 g/mol. The second-order valence-corrected chi connectivity index (χ2v) is 8.76. The van der Waals surface area contributed by atoms with E-state index in [-0.39, 0.29) is 47.5 Å². The fourth-order valence-corrected chi connectivity index (χ4v) is 4.24. The molecule has 1 aromatic heterocycles. The van der Waals surface area contributed by atoms with Crippen molar-refractivity contribution in [3.8, 4) is 5.75 Å². The Labute approximate surface area is 224 Å². The fourth-order valence-electron chi connectivity index (χ4n) is 4.24. The zero-order valence-corrected chi connectivity index (χ0v) is 20.6. The summed E-state index contributed by atoms with van der Waals surface area (Å²) in [5, 5.41) is 14.3. The predicted molar refractivity (Wildman–Crippen MR) is 139 cm³/mol. The number of nitrogens with one attached hydrogen (secondary N) is 1. The van der Waals surface area contributed by atoms with Crippen LogP contribution in [0.1, 0.15) is 43.1 Å². The molecule has 1 N–H and O–H groups in total. The molecule has 200 valence electrons. The standard InChI is InChI=1S/C28H19N3O9/c32-23(11-12-30-26(34)19-7-4-8-21(31(37)38)24(19)27(30)35)39-18-10-9-17-13-20(28(36)40-22(17)14-18)25(33)29-15-16-5-2-1-3-6-16/h1-10,13-14H,11-12,15H2,(H,29,33). The van der Waals surface area contributed by atoms with Gasteiger partial charge in [-0.2, -0.15) is 0 Å². The highest BCUT2D eigenvalue weighted by atomic mass is 16.6. The molecule has 1 aliphatic rings. The number of nitrogens with zero attached hydrogens (tertiary/aromatic N) is 2. The number of benzene rings is 3. The average molecular weight is 541 g/mol. The molecule has 3 amide bonds. The van der Waals surface area contributed by atoms with E-state index in [0.29, 0.717) is 5.39 Å². The highest BCUT2D eigenvalue weighted by Crippen LogP contribution is 2.31. The number of hydrogen-bond acceptors (Lipinski definition) is 9. The molecule has 0 unspecified atom stereocenters. The van der Waals surface area contributed by atoms with Gasteiger partial charge < -0.3 is 14.5 Å². The molecule has 3 aromatic carbocycles. The first-order valence-electron chi connectivity index (χ1n) is 12.0. The molecule has 0 aliphatic carbocycles. The zero-order valence-electron chi connectivity index (χ0n) is 20.6. The highest BCUT2D eigenvalue weighted by molar-refractivity contribution is 6.23. The van der Waals surface area contributed by atoms with Crippen LogP contribution in [0.25, 0.3) is 11.0 Å². The summed E-state index contributed by atoms with van der Waals surface area (Å²) in [7, 11) is 0. The molecule has 0 saturated heterocycles. The average Bonchev–Trinajstić information content (AvgIpc) is 3.19. The maximum absolute atomic E-state index is 12.6. The van der Waals surface area contributed by atoms with Gasteiger partial charge in [-0.15, -0.1) is 0 Å². The summed E-state index contributed by atoms with van der Waals surface area (Å²) >= 11 is 0. The van der Waals surface area contributed by atoms with Gasteiger partial charge in [0.1, 0.15) is 22.5 Å². The Morgan fingerprint density at radius 3 is 2.48 bits per heavy atom. The number of carbonyl (C=O) groups is 4. The SMILES string of the molecule is O=C(CCN1C(=O)c2cccc([N+](=O)[O-])c2C1=O)Oc1ccc2cc(C(=O)NCc3ccccc3)c(=O)oc2c1. The normalized spacial score (nSPS) is 12.3. The molecule has 2 heterocycles. The van der Waals surface area contributed by atoms with Crippen molar-refractivity contribution in [1.29, 1.82) is 0 Å². The van der Waals surface area contributed by atoms with Crippen LogP contribution in [0.3, 0.4) is 0 Å². The maximum atomic E-state index is 12.6. The molecule has 4 aromatic rings. The van der Waals surface area contributed by atoms with E-state index in [1.54, 1.807) is 0 Å². The molecule has 0 saturated carbocycles. The molecule has 1 aliphatic heterocycles. The third kappa shape index (κ3) is 5.05. The summed E-state index contributed by atoms with van der Waals surface area (Å²) in [6.07, 6.45) is -0.387. The van der Waals surface area contributed by atoms with Crippen LogP contribution in [0, 0.1) is 10.1 Å². The number of imide groups is 1. The number of hydrogen-bond donors (Lipinski definition) is 1. The van der Waals surface area contributed by atoms with E-state index in [1.807, 2.05) is 30.3 Å². The quantitative estimate of drug-likeness (QED) is 0.0880. The van der Waals surface area contributed by atoms with E-state index >= 15 is 0 Å². The van der Waals surface area contributed by atoms with Gasteiger partial charge in [0.2, 0.25) is 0 Å². The lowest BCUT2D eigenvalue weighted by Gasteiger charge is -2.13. The largest absolute Gasteiger partial charge is 0.426 e. The van der Waals surface area contributed by atoms with Gasteiger partial charge in [0.05, 0.1) is 16.9 Å². The minimum atomic E-state index is -0.874. The number of nitro benzene ring substituents is 1. The Kier molecular flexibility index (Phi) is 6.89. The number of esters is 1. The Morgan fingerprint density at radius 2 is 1.73 bits per heavy atom. The van der Waals surface area contributed by atoms with E-state index in [9.17, 15) is 34.1 Å². The zero-order chi connectivity index (χ0) is 28.4. The highest BCUT2D eigenvalue weighted by Gasteiger charge is 2.40. The Balaban J connectivity index is 1.23. The molecule has 40 heavy (non-hydrogen) atoms. The maximum Gasteiger partial charge on any atom is 0.349 e. The summed E-state index contributed by atoms with van der Waals surface area (Å²) in [5.41, 5.74) is -1.04. The lowest BCUT2D eigenvalue weighted by atomic mass is 10.1. The first-order valence-corrected chi connectivity index (χ1v) is 12.0. The third-order valence-corrected chi connectivity index (χ3v) is 6.19. The van der Waals surface area contributed by atoms with Crippen molar-refractivity contribution in [1.82, 2.24) is 10.2 Å². The van der Waals surface area contributed by atoms with Crippen molar-refractivity contribution in [3.05, 3.63) is 116 Å². The van der Waals surface area contributed by atoms with Gasteiger partial charge in [-0.25, -0.2) is 4.79 Å². The molecule has 5 rings (SSSR count). The molecular weight excluding hydrogens is 522 g/mol. The van der Waals surface area contributed by atoms with E-state index in [2.05, 4.69) is 5.32 Å². The van der Waals surface area contributed by atoms with Crippen LogP contribution in [0.4, 0.5) is 5.69 Å². The summed E-state index contributed by atoms with van der Waals surface area (Å²) in [6.45, 7) is -0.129. The van der Waals surface area contributed by atoms with Crippen LogP contribution in [0.5, 0.6) is 5.75 Å². The van der Waals surface area contributed by atoms with Gasteiger partial charge >= 0.3 is 11.6 Å². The van der Waals surface area contributed by atoms with Crippen molar-refractivity contribution in [2.24, 2.45) is 0 Å². The van der Waals surface area contributed by atoms with E-state index in [1.165, 1.54) is 36.4 Å². The first kappa shape index (κ1) is 26.0. The van der Waals surface area contributed by atoms with Gasteiger partial charge in [-0.3, -0.25) is 34.2 Å². The minimum Gasteiger partial charge on any atom is -0.426 e. The van der Waals surface area contributed by atoms with Crippen LogP contribution in [0.2, 0.25) is 0 Å². The van der Waals surface area contributed by atoms with Crippen LogP contribution in [0.15, 0.2) is 82.0 Å². The number of nitro groups is 1. The topological polar surface area (TPSA) is 166 Å². The molecular formula is C28H19N3O9. The lowest BCUT2D eigenvalue weighted by Crippen LogP contribution is -2.32. The molecule has 0 atom stereocenters. The molecule has 0 spiro atoms. The Hall–Kier alpha value is -5.65. The fraction of sp³-hybridized carbons (Fsp3) is 0.107. The van der Waals surface area contributed by atoms with Gasteiger partial charge in [0.15, 0.2) is 0 Å². The molecule has 0 bridgehead atoms. The van der Waals surface area contributed by atoms with Crippen molar-refractivity contribution < 1.29 is 33.3 Å². The van der Waals surface area contributed by atoms with Crippen LogP contribution in [-0.4, -0.2) is 40.1 Å². The predicted octanol–water partition coefficient (Wildman–Crippen LogP) is 3.22. The Bertz CT molecular complexity index is 1760. The summed E-state index contributed by atoms with van der Waals surface area (Å²) in [5.74, 6) is -2.98. The molecule has 0 fully saturated rings. The number of carbonyl (C=O) groups excluding carboxylic acids is 4.